The molecule has 1 aliphatic heterocycles. The molecule has 1 N–H and O–H groups in total. The molecule has 0 spiro atoms. The molecule has 0 fully saturated rings. The van der Waals surface area contributed by atoms with Crippen molar-refractivity contribution in [2.24, 2.45) is 0 Å². The Hall–Kier alpha value is -0.900. The minimum absolute atomic E-state index is 0.0347. The molecule has 54 valence electrons. The Bertz CT molecular complexity index is 273. The van der Waals surface area contributed by atoms with Gasteiger partial charge in [0.25, 0.3) is 0 Å². The molecular formula is C6H9N3O. The highest BCUT2D eigenvalue weighted by atomic mass is 16.3. The summed E-state index contributed by atoms with van der Waals surface area (Å²) in [5.74, 6) is 0.828. The quantitative estimate of drug-likeness (QED) is 0.585. The maximum atomic E-state index is 8.90. The Morgan fingerprint density at radius 2 is 2.90 bits per heavy atom. The van der Waals surface area contributed by atoms with Crippen LogP contribution in [0.1, 0.15) is 19.7 Å². The highest BCUT2D eigenvalue weighted by molar-refractivity contribution is 4.96. The van der Waals surface area contributed by atoms with Gasteiger partial charge in [0.2, 0.25) is 0 Å². The van der Waals surface area contributed by atoms with E-state index in [2.05, 4.69) is 10.2 Å². The number of aliphatic hydroxyl groups is 1. The van der Waals surface area contributed by atoms with Gasteiger partial charge in [0.15, 0.2) is 0 Å². The van der Waals surface area contributed by atoms with E-state index in [9.17, 15) is 0 Å². The standard InChI is InChI=1S/C6H9N3O/c10-3-5-1-2-6-8-7-4-9(5)6/h4-5,10H,1-3H2/i4D. The number of aliphatic hydroxyl groups excluding tert-OH is 1. The monoisotopic (exact) mass is 140 g/mol. The lowest BCUT2D eigenvalue weighted by Gasteiger charge is -2.05. The predicted octanol–water partition coefficient (Wildman–Crippen LogP) is -0.242. The molecule has 1 aliphatic rings. The maximum Gasteiger partial charge on any atom is 0.133 e. The molecule has 4 heteroatoms. The van der Waals surface area contributed by atoms with Crippen LogP contribution in [-0.4, -0.2) is 26.5 Å². The zero-order chi connectivity index (χ0) is 7.84. The second-order valence-corrected chi connectivity index (χ2v) is 2.46. The first-order valence-corrected chi connectivity index (χ1v) is 3.34. The summed E-state index contributed by atoms with van der Waals surface area (Å²) in [7, 11) is 0. The van der Waals surface area contributed by atoms with E-state index in [1.807, 2.05) is 0 Å². The van der Waals surface area contributed by atoms with Crippen molar-refractivity contribution in [1.82, 2.24) is 14.8 Å². The van der Waals surface area contributed by atoms with Crippen LogP contribution >= 0.6 is 0 Å². The summed E-state index contributed by atoms with van der Waals surface area (Å²) in [4.78, 5) is 0. The third-order valence-corrected chi connectivity index (χ3v) is 1.87. The van der Waals surface area contributed by atoms with Crippen LogP contribution in [-0.2, 0) is 6.42 Å². The molecule has 1 aromatic heterocycles. The fourth-order valence-corrected chi connectivity index (χ4v) is 1.29. The third kappa shape index (κ3) is 0.654. The lowest BCUT2D eigenvalue weighted by atomic mass is 10.2. The van der Waals surface area contributed by atoms with Crippen LogP contribution in [0.15, 0.2) is 6.30 Å². The lowest BCUT2D eigenvalue weighted by molar-refractivity contribution is 0.232. The number of aryl methyl sites for hydroxylation is 1. The van der Waals surface area contributed by atoms with Crippen LogP contribution in [0.4, 0.5) is 0 Å². The van der Waals surface area contributed by atoms with Gasteiger partial charge in [-0.15, -0.1) is 10.2 Å². The smallest absolute Gasteiger partial charge is 0.133 e. The van der Waals surface area contributed by atoms with E-state index in [0.717, 1.165) is 18.7 Å². The van der Waals surface area contributed by atoms with Crippen LogP contribution in [0, 0.1) is 0 Å². The average Bonchev–Trinajstić information content (AvgIpc) is 2.54. The van der Waals surface area contributed by atoms with Crippen LogP contribution in [0.25, 0.3) is 0 Å². The molecule has 0 saturated carbocycles. The van der Waals surface area contributed by atoms with Crippen LogP contribution in [0.2, 0.25) is 0 Å². The van der Waals surface area contributed by atoms with Gasteiger partial charge in [-0.3, -0.25) is 0 Å². The molecule has 0 bridgehead atoms. The van der Waals surface area contributed by atoms with E-state index in [4.69, 9.17) is 6.48 Å². The molecular weight excluding hydrogens is 130 g/mol. The molecule has 1 atom stereocenters. The Morgan fingerprint density at radius 3 is 3.70 bits per heavy atom. The largest absolute Gasteiger partial charge is 0.394 e. The summed E-state index contributed by atoms with van der Waals surface area (Å²) in [6.07, 6.45) is 1.88. The Kier molecular flexibility index (Phi) is 0.995. The number of nitrogens with zero attached hydrogens (tertiary/aromatic N) is 3. The van der Waals surface area contributed by atoms with Gasteiger partial charge in [-0.2, -0.15) is 0 Å². The number of fused-ring (bicyclic) bond motifs is 1. The van der Waals surface area contributed by atoms with Gasteiger partial charge in [-0.1, -0.05) is 0 Å². The van der Waals surface area contributed by atoms with E-state index in [-0.39, 0.29) is 19.0 Å². The van der Waals surface area contributed by atoms with Crippen molar-refractivity contribution in [3.63, 3.8) is 0 Å². The summed E-state index contributed by atoms with van der Waals surface area (Å²) in [5, 5.41) is 16.3. The number of aromatic nitrogens is 3. The summed E-state index contributed by atoms with van der Waals surface area (Å²) in [6.45, 7) is 0.0803. The van der Waals surface area contributed by atoms with Crippen molar-refractivity contribution in [3.8, 4) is 0 Å². The van der Waals surface area contributed by atoms with Gasteiger partial charge in [0.05, 0.1) is 12.6 Å². The summed E-state index contributed by atoms with van der Waals surface area (Å²) >= 11 is 0. The van der Waals surface area contributed by atoms with E-state index < -0.39 is 0 Å². The van der Waals surface area contributed by atoms with Crippen molar-refractivity contribution < 1.29 is 6.48 Å². The molecule has 0 aliphatic carbocycles. The van der Waals surface area contributed by atoms with Gasteiger partial charge in [-0.05, 0) is 6.42 Å². The average molecular weight is 140 g/mol. The molecule has 0 amide bonds. The second-order valence-electron chi connectivity index (χ2n) is 2.46. The Labute approximate surface area is 59.9 Å². The van der Waals surface area contributed by atoms with E-state index in [0.29, 0.717) is 0 Å². The van der Waals surface area contributed by atoms with Crippen molar-refractivity contribution in [2.45, 2.75) is 18.9 Å². The minimum atomic E-state index is 0.0347. The zero-order valence-electron chi connectivity index (χ0n) is 6.49. The Balaban J connectivity index is 2.42. The first kappa shape index (κ1) is 4.85. The molecule has 1 aromatic rings. The molecule has 4 nitrogen and oxygen atoms in total. The van der Waals surface area contributed by atoms with Gasteiger partial charge in [0.1, 0.15) is 13.5 Å². The van der Waals surface area contributed by atoms with E-state index in [1.54, 1.807) is 4.57 Å². The van der Waals surface area contributed by atoms with Crippen LogP contribution in [0.3, 0.4) is 0 Å². The van der Waals surface area contributed by atoms with E-state index in [1.165, 1.54) is 0 Å². The molecule has 0 radical (unpaired) electrons. The predicted molar refractivity (Wildman–Crippen MR) is 34.5 cm³/mol. The summed E-state index contributed by atoms with van der Waals surface area (Å²) in [6, 6.07) is 0.0347. The number of rotatable bonds is 1. The Morgan fingerprint density at radius 1 is 2.00 bits per heavy atom. The molecule has 0 saturated heterocycles. The van der Waals surface area contributed by atoms with Crippen LogP contribution < -0.4 is 0 Å². The molecule has 10 heavy (non-hydrogen) atoms. The van der Waals surface area contributed by atoms with Gasteiger partial charge >= 0.3 is 0 Å². The first-order chi connectivity index (χ1) is 5.33. The fourth-order valence-electron chi connectivity index (χ4n) is 1.29. The molecule has 2 rings (SSSR count). The van der Waals surface area contributed by atoms with Gasteiger partial charge < -0.3 is 9.67 Å². The topological polar surface area (TPSA) is 50.9 Å². The number of hydrogen-bond donors (Lipinski definition) is 1. The SMILES string of the molecule is [2H]c1nnc2n1C(CO)CC2. The zero-order valence-corrected chi connectivity index (χ0v) is 5.49. The highest BCUT2D eigenvalue weighted by Gasteiger charge is 2.21. The fraction of sp³-hybridized carbons (Fsp3) is 0.667. The summed E-state index contributed by atoms with van der Waals surface area (Å²) < 4.78 is 9.04. The van der Waals surface area contributed by atoms with Crippen LogP contribution in [0.5, 0.6) is 0 Å². The van der Waals surface area contributed by atoms with E-state index >= 15 is 0 Å². The molecule has 0 aromatic carbocycles. The number of hydrogen-bond acceptors (Lipinski definition) is 3. The first-order valence-electron chi connectivity index (χ1n) is 3.84. The minimum Gasteiger partial charge on any atom is -0.394 e. The lowest BCUT2D eigenvalue weighted by Crippen LogP contribution is -2.06. The van der Waals surface area contributed by atoms with Crippen molar-refractivity contribution in [3.05, 3.63) is 12.1 Å². The van der Waals surface area contributed by atoms with Crippen molar-refractivity contribution >= 4 is 0 Å². The normalized spacial score (nSPS) is 24.5. The second kappa shape index (κ2) is 2.05. The summed E-state index contributed by atoms with van der Waals surface area (Å²) in [5.41, 5.74) is 0. The maximum absolute atomic E-state index is 8.90. The van der Waals surface area contributed by atoms with Gasteiger partial charge in [-0.25, -0.2) is 0 Å². The molecule has 2 heterocycles. The third-order valence-electron chi connectivity index (χ3n) is 1.87. The highest BCUT2D eigenvalue weighted by Crippen LogP contribution is 2.22. The van der Waals surface area contributed by atoms with Crippen molar-refractivity contribution in [2.75, 3.05) is 6.61 Å². The van der Waals surface area contributed by atoms with Gasteiger partial charge in [0, 0.05) is 6.42 Å². The molecule has 1 unspecified atom stereocenters. The van der Waals surface area contributed by atoms with Crippen molar-refractivity contribution in [1.29, 1.82) is 0 Å².